The number of Topliss-reactive ketones (excluding diaryl/α,β-unsaturated/α-hetero) is 1. The van der Waals surface area contributed by atoms with Gasteiger partial charge in [-0.1, -0.05) is 19.0 Å². The van der Waals surface area contributed by atoms with Crippen molar-refractivity contribution < 1.29 is 43.2 Å². The summed E-state index contributed by atoms with van der Waals surface area (Å²) in [4.78, 5) is 45.5. The zero-order chi connectivity index (χ0) is 35.3. The van der Waals surface area contributed by atoms with E-state index in [0.717, 1.165) is 0 Å². The average molecular weight is 669 g/mol. The third-order valence-electron chi connectivity index (χ3n) is 10.2. The highest BCUT2D eigenvalue weighted by molar-refractivity contribution is 6.00. The molecule has 3 aliphatic heterocycles. The van der Waals surface area contributed by atoms with Crippen molar-refractivity contribution in [2.75, 3.05) is 20.2 Å². The van der Waals surface area contributed by atoms with Crippen LogP contribution in [0.4, 0.5) is 4.79 Å². The first-order chi connectivity index (χ1) is 22.0. The molecule has 0 aromatic heterocycles. The topological polar surface area (TPSA) is 208 Å². The van der Waals surface area contributed by atoms with Crippen molar-refractivity contribution in [3.05, 3.63) is 10.4 Å². The van der Waals surface area contributed by atoms with Crippen molar-refractivity contribution in [2.24, 2.45) is 22.7 Å². The van der Waals surface area contributed by atoms with Gasteiger partial charge in [0, 0.05) is 49.2 Å². The fourth-order valence-corrected chi connectivity index (χ4v) is 7.66. The number of nitrogens with one attached hydrogen (secondary N) is 1. The predicted octanol–water partition coefficient (Wildman–Crippen LogP) is 3.20. The summed E-state index contributed by atoms with van der Waals surface area (Å²) < 4.78 is 30.6. The maximum atomic E-state index is 14.0. The van der Waals surface area contributed by atoms with E-state index in [9.17, 15) is 19.5 Å². The minimum Gasteiger partial charge on any atom is -0.458 e. The van der Waals surface area contributed by atoms with Gasteiger partial charge in [0.05, 0.1) is 23.9 Å². The SMILES string of the molecule is CC[C@H]1OC(=O)[C@H](C)C(=O)[C@H](C)[C@@H](O[C@@H]2O[C@H](C)CC(N)C2O)[C@](C)(OC)CC(C)N[C@H](C)[C@H]2N(CCCCN=[N+]=[N-])C(=O)O[C@]12C. The molecule has 0 aromatic carbocycles. The Hall–Kier alpha value is -2.52. The Morgan fingerprint density at radius 1 is 1.17 bits per heavy atom. The van der Waals surface area contributed by atoms with Gasteiger partial charge in [0.1, 0.15) is 18.1 Å². The van der Waals surface area contributed by atoms with Crippen LogP contribution in [0.25, 0.3) is 10.4 Å². The summed E-state index contributed by atoms with van der Waals surface area (Å²) in [6.45, 7) is 15.0. The second-order valence-electron chi connectivity index (χ2n) is 13.9. The van der Waals surface area contributed by atoms with Gasteiger partial charge in [0.2, 0.25) is 0 Å². The van der Waals surface area contributed by atoms with E-state index in [1.165, 1.54) is 14.0 Å². The van der Waals surface area contributed by atoms with E-state index in [2.05, 4.69) is 15.3 Å². The van der Waals surface area contributed by atoms with Gasteiger partial charge in [-0.3, -0.25) is 14.5 Å². The molecule has 3 heterocycles. The normalized spacial score (nSPS) is 42.1. The fraction of sp³-hybridized carbons (Fsp3) is 0.906. The van der Waals surface area contributed by atoms with Crippen LogP contribution in [-0.2, 0) is 33.3 Å². The van der Waals surface area contributed by atoms with E-state index >= 15 is 0 Å². The zero-order valence-electron chi connectivity index (χ0n) is 29.4. The molecule has 3 rings (SSSR count). The van der Waals surface area contributed by atoms with Crippen molar-refractivity contribution in [3.8, 4) is 0 Å². The minimum absolute atomic E-state index is 0.239. The Morgan fingerprint density at radius 2 is 1.85 bits per heavy atom. The van der Waals surface area contributed by atoms with Crippen LogP contribution in [0.5, 0.6) is 0 Å². The van der Waals surface area contributed by atoms with Gasteiger partial charge in [-0.05, 0) is 79.2 Å². The van der Waals surface area contributed by atoms with Crippen LogP contribution in [0.15, 0.2) is 5.11 Å². The summed E-state index contributed by atoms with van der Waals surface area (Å²) in [5.41, 5.74) is 12.5. The molecule has 0 aliphatic carbocycles. The summed E-state index contributed by atoms with van der Waals surface area (Å²) in [5.74, 6) is -3.24. The highest BCUT2D eigenvalue weighted by Gasteiger charge is 2.59. The number of carbonyl (C=O) groups excluding carboxylic acids is 3. The molecule has 47 heavy (non-hydrogen) atoms. The van der Waals surface area contributed by atoms with Crippen molar-refractivity contribution in [1.29, 1.82) is 0 Å². The minimum atomic E-state index is -1.24. The number of nitrogens with zero attached hydrogens (tertiary/aromatic N) is 4. The lowest BCUT2D eigenvalue weighted by Gasteiger charge is -2.46. The molecule has 268 valence electrons. The number of nitrogens with two attached hydrogens (primary N) is 1. The highest BCUT2D eigenvalue weighted by Crippen LogP contribution is 2.40. The van der Waals surface area contributed by atoms with Crippen LogP contribution < -0.4 is 11.1 Å². The van der Waals surface area contributed by atoms with E-state index in [0.29, 0.717) is 45.2 Å². The maximum Gasteiger partial charge on any atom is 0.410 e. The summed E-state index contributed by atoms with van der Waals surface area (Å²) in [6, 6.07) is -1.74. The summed E-state index contributed by atoms with van der Waals surface area (Å²) in [7, 11) is 1.53. The molecule has 0 spiro atoms. The molecule has 4 N–H and O–H groups in total. The predicted molar refractivity (Wildman–Crippen MR) is 172 cm³/mol. The van der Waals surface area contributed by atoms with E-state index in [-0.39, 0.29) is 18.2 Å². The first kappa shape index (κ1) is 38.9. The number of cyclic esters (lactones) is 1. The molecule has 15 nitrogen and oxygen atoms in total. The van der Waals surface area contributed by atoms with Crippen molar-refractivity contribution in [1.82, 2.24) is 10.2 Å². The molecule has 3 saturated heterocycles. The van der Waals surface area contributed by atoms with Crippen LogP contribution in [0, 0.1) is 11.8 Å². The van der Waals surface area contributed by atoms with E-state index in [1.54, 1.807) is 18.7 Å². The number of azide groups is 1. The lowest BCUT2D eigenvalue weighted by molar-refractivity contribution is -0.288. The van der Waals surface area contributed by atoms with Gasteiger partial charge in [-0.25, -0.2) is 4.79 Å². The quantitative estimate of drug-likeness (QED) is 0.0812. The smallest absolute Gasteiger partial charge is 0.410 e. The van der Waals surface area contributed by atoms with Crippen molar-refractivity contribution in [2.45, 2.75) is 154 Å². The number of carbonyl (C=O) groups is 3. The Bertz CT molecular complexity index is 1160. The number of ketones is 1. The number of ether oxygens (including phenoxy) is 5. The summed E-state index contributed by atoms with van der Waals surface area (Å²) in [6.07, 6.45) is -2.61. The first-order valence-corrected chi connectivity index (χ1v) is 16.8. The molecule has 3 aliphatic rings. The maximum absolute atomic E-state index is 14.0. The Labute approximate surface area is 278 Å². The third-order valence-corrected chi connectivity index (χ3v) is 10.2. The number of hydrogen-bond donors (Lipinski definition) is 3. The molecule has 15 heteroatoms. The third kappa shape index (κ3) is 8.56. The number of rotatable bonds is 9. The molecule has 3 fully saturated rings. The van der Waals surface area contributed by atoms with E-state index in [1.807, 2.05) is 34.6 Å². The number of aliphatic hydroxyl groups is 1. The number of aliphatic hydroxyl groups excluding tert-OH is 1. The van der Waals surface area contributed by atoms with Gasteiger partial charge < -0.3 is 39.8 Å². The Kier molecular flexibility index (Phi) is 13.5. The van der Waals surface area contributed by atoms with Crippen LogP contribution in [0.1, 0.15) is 87.5 Å². The van der Waals surface area contributed by atoms with Crippen LogP contribution in [0.3, 0.4) is 0 Å². The Morgan fingerprint density at radius 3 is 2.47 bits per heavy atom. The molecule has 0 radical (unpaired) electrons. The van der Waals surface area contributed by atoms with Crippen molar-refractivity contribution >= 4 is 17.8 Å². The van der Waals surface area contributed by atoms with Crippen LogP contribution >= 0.6 is 0 Å². The fourth-order valence-electron chi connectivity index (χ4n) is 7.66. The molecular weight excluding hydrogens is 612 g/mol. The van der Waals surface area contributed by atoms with E-state index < -0.39 is 77.6 Å². The van der Waals surface area contributed by atoms with Gasteiger partial charge >= 0.3 is 12.1 Å². The number of unbranched alkanes of at least 4 members (excludes halogenated alkanes) is 1. The molecular formula is C32H56N6O9. The summed E-state index contributed by atoms with van der Waals surface area (Å²) in [5, 5.41) is 18.1. The highest BCUT2D eigenvalue weighted by atomic mass is 16.7. The van der Waals surface area contributed by atoms with Gasteiger partial charge in [-0.2, -0.15) is 0 Å². The monoisotopic (exact) mass is 668 g/mol. The van der Waals surface area contributed by atoms with Crippen LogP contribution in [0.2, 0.25) is 0 Å². The number of amides is 1. The standard InChI is InChI=1S/C32H56N6O9/c1-10-23-32(8)26(38(30(42)47-32)14-12-11-13-35-37-34)21(6)36-17(2)16-31(7,43-9)27(19(4)24(39)20(5)28(41)45-23)46-29-25(40)22(33)15-18(3)44-29/h17-23,25-27,29,36,40H,10-16,33H2,1-9H3/t17?,18-,19+,20-,21-,22?,23-,25?,26-,27-,29+,31-,32-/m1/s1. The summed E-state index contributed by atoms with van der Waals surface area (Å²) >= 11 is 0. The van der Waals surface area contributed by atoms with Crippen molar-refractivity contribution in [3.63, 3.8) is 0 Å². The molecule has 1 amide bonds. The molecule has 0 bridgehead atoms. The largest absolute Gasteiger partial charge is 0.458 e. The van der Waals surface area contributed by atoms with Gasteiger partial charge in [0.25, 0.3) is 0 Å². The lowest BCUT2D eigenvalue weighted by Crippen LogP contribution is -2.63. The molecule has 13 atom stereocenters. The first-order valence-electron chi connectivity index (χ1n) is 16.8. The van der Waals surface area contributed by atoms with Gasteiger partial charge in [0.15, 0.2) is 17.7 Å². The van der Waals surface area contributed by atoms with E-state index in [4.69, 9.17) is 34.9 Å². The second-order valence-corrected chi connectivity index (χ2v) is 13.9. The number of methoxy groups -OCH3 is 1. The molecule has 3 unspecified atom stereocenters. The average Bonchev–Trinajstić information content (AvgIpc) is 3.28. The molecule has 0 aromatic rings. The number of esters is 1. The zero-order valence-corrected chi connectivity index (χ0v) is 29.4. The molecule has 0 saturated carbocycles. The lowest BCUT2D eigenvalue weighted by atomic mass is 9.78. The second kappa shape index (κ2) is 16.3. The van der Waals surface area contributed by atoms with Gasteiger partial charge in [-0.15, -0.1) is 0 Å². The number of fused-ring (bicyclic) bond motifs is 1. The Balaban J connectivity index is 2.04. The van der Waals surface area contributed by atoms with Crippen LogP contribution in [-0.4, -0.2) is 114 Å². The number of hydrogen-bond acceptors (Lipinski definition) is 12.